The molecule has 0 fully saturated rings. The van der Waals surface area contributed by atoms with Gasteiger partial charge in [-0.15, -0.1) is 0 Å². The maximum atomic E-state index is 13.0. The summed E-state index contributed by atoms with van der Waals surface area (Å²) < 4.78 is 19.0. The van der Waals surface area contributed by atoms with Crippen LogP contribution in [0.5, 0.6) is 5.75 Å². The fourth-order valence-electron chi connectivity index (χ4n) is 3.01. The van der Waals surface area contributed by atoms with E-state index >= 15 is 0 Å². The molecule has 4 rings (SSSR count). The van der Waals surface area contributed by atoms with E-state index in [1.54, 1.807) is 35.5 Å². The Morgan fingerprint density at radius 2 is 1.96 bits per heavy atom. The van der Waals surface area contributed by atoms with Gasteiger partial charge in [0.25, 0.3) is 5.91 Å². The number of aromatic nitrogens is 2. The lowest BCUT2D eigenvalue weighted by atomic mass is 10.1. The first-order valence-corrected chi connectivity index (χ1v) is 8.25. The zero-order valence-corrected chi connectivity index (χ0v) is 14.1. The second-order valence-corrected chi connectivity index (χ2v) is 6.09. The number of nitrogens with zero attached hydrogens (tertiary/aromatic N) is 3. The molecular formula is C20H16FN3O2. The van der Waals surface area contributed by atoms with Gasteiger partial charge in [0.1, 0.15) is 11.9 Å². The van der Waals surface area contributed by atoms with E-state index in [1.807, 2.05) is 25.1 Å². The molecule has 2 aromatic heterocycles. The highest BCUT2D eigenvalue weighted by Gasteiger charge is 2.29. The Morgan fingerprint density at radius 3 is 2.69 bits per heavy atom. The Bertz CT molecular complexity index is 945. The molecule has 5 nitrogen and oxygen atoms in total. The van der Waals surface area contributed by atoms with E-state index in [1.165, 1.54) is 12.3 Å². The van der Waals surface area contributed by atoms with Crippen LogP contribution in [0.1, 0.15) is 34.5 Å². The molecule has 0 N–H and O–H groups in total. The van der Waals surface area contributed by atoms with Crippen molar-refractivity contribution in [1.82, 2.24) is 9.97 Å². The number of pyridine rings is 2. The largest absolute Gasteiger partial charge is 0.486 e. The van der Waals surface area contributed by atoms with E-state index in [-0.39, 0.29) is 12.0 Å². The van der Waals surface area contributed by atoms with Crippen LogP contribution in [0.15, 0.2) is 61.1 Å². The molecule has 6 heteroatoms. The first-order chi connectivity index (χ1) is 12.6. The summed E-state index contributed by atoms with van der Waals surface area (Å²) in [6, 6.07) is 12.0. The SMILES string of the molecule is CC(Oc1ccc2c(c1)CN(c1ccc(F)nc1)C2=O)c1ccncc1. The van der Waals surface area contributed by atoms with Crippen LogP contribution in [0.4, 0.5) is 10.1 Å². The number of rotatable bonds is 4. The minimum atomic E-state index is -0.571. The molecule has 3 aromatic rings. The molecule has 1 amide bonds. The maximum Gasteiger partial charge on any atom is 0.258 e. The van der Waals surface area contributed by atoms with E-state index in [0.29, 0.717) is 23.5 Å². The number of fused-ring (bicyclic) bond motifs is 1. The molecule has 0 spiro atoms. The minimum absolute atomic E-state index is 0.123. The highest BCUT2D eigenvalue weighted by Crippen LogP contribution is 2.31. The third kappa shape index (κ3) is 3.01. The lowest BCUT2D eigenvalue weighted by Crippen LogP contribution is -2.23. The topological polar surface area (TPSA) is 55.3 Å². The summed E-state index contributed by atoms with van der Waals surface area (Å²) in [7, 11) is 0. The molecule has 0 bridgehead atoms. The van der Waals surface area contributed by atoms with Crippen LogP contribution in [0.3, 0.4) is 0 Å². The van der Waals surface area contributed by atoms with Crippen molar-refractivity contribution in [2.24, 2.45) is 0 Å². The number of ether oxygens (including phenoxy) is 1. The number of anilines is 1. The molecule has 1 unspecified atom stereocenters. The molecule has 1 atom stereocenters. The molecular weight excluding hydrogens is 333 g/mol. The van der Waals surface area contributed by atoms with Crippen LogP contribution in [0.25, 0.3) is 0 Å². The van der Waals surface area contributed by atoms with Gasteiger partial charge in [-0.3, -0.25) is 9.78 Å². The van der Waals surface area contributed by atoms with Gasteiger partial charge in [0.2, 0.25) is 5.95 Å². The molecule has 1 aliphatic heterocycles. The van der Waals surface area contributed by atoms with E-state index in [4.69, 9.17) is 4.74 Å². The van der Waals surface area contributed by atoms with Crippen molar-refractivity contribution < 1.29 is 13.9 Å². The zero-order valence-electron chi connectivity index (χ0n) is 14.1. The third-order valence-corrected chi connectivity index (χ3v) is 4.39. The van der Waals surface area contributed by atoms with Crippen molar-refractivity contribution in [3.63, 3.8) is 0 Å². The predicted octanol–water partition coefficient (Wildman–Crippen LogP) is 3.92. The first-order valence-electron chi connectivity index (χ1n) is 8.25. The van der Waals surface area contributed by atoms with Crippen LogP contribution in [-0.2, 0) is 6.54 Å². The van der Waals surface area contributed by atoms with Gasteiger partial charge < -0.3 is 9.64 Å². The van der Waals surface area contributed by atoms with Gasteiger partial charge in [0, 0.05) is 18.0 Å². The Kier molecular flexibility index (Phi) is 4.08. The van der Waals surface area contributed by atoms with Gasteiger partial charge in [0.05, 0.1) is 18.4 Å². The summed E-state index contributed by atoms with van der Waals surface area (Å²) in [6.07, 6.45) is 4.68. The average Bonchev–Trinajstić information content (AvgIpc) is 2.99. The Morgan fingerprint density at radius 1 is 1.15 bits per heavy atom. The van der Waals surface area contributed by atoms with Gasteiger partial charge in [0.15, 0.2) is 0 Å². The fourth-order valence-corrected chi connectivity index (χ4v) is 3.01. The Hall–Kier alpha value is -3.28. The number of halogens is 1. The van der Waals surface area contributed by atoms with Gasteiger partial charge in [-0.2, -0.15) is 4.39 Å². The molecule has 1 aliphatic rings. The monoisotopic (exact) mass is 349 g/mol. The van der Waals surface area contributed by atoms with Crippen molar-refractivity contribution >= 4 is 11.6 Å². The Balaban J connectivity index is 1.55. The van der Waals surface area contributed by atoms with E-state index in [0.717, 1.165) is 11.1 Å². The van der Waals surface area contributed by atoms with Crippen molar-refractivity contribution in [1.29, 1.82) is 0 Å². The van der Waals surface area contributed by atoms with Crippen LogP contribution in [0, 0.1) is 5.95 Å². The normalized spacial score (nSPS) is 14.2. The molecule has 0 saturated carbocycles. The first kappa shape index (κ1) is 16.2. The molecule has 26 heavy (non-hydrogen) atoms. The van der Waals surface area contributed by atoms with E-state index in [2.05, 4.69) is 9.97 Å². The van der Waals surface area contributed by atoms with Crippen molar-refractivity contribution in [2.45, 2.75) is 19.6 Å². The third-order valence-electron chi connectivity index (χ3n) is 4.39. The summed E-state index contributed by atoms with van der Waals surface area (Å²) in [5.74, 6) is 0.000722. The van der Waals surface area contributed by atoms with E-state index in [9.17, 15) is 9.18 Å². The molecule has 0 aliphatic carbocycles. The Labute approximate surface area is 150 Å². The predicted molar refractivity (Wildman–Crippen MR) is 94.4 cm³/mol. The van der Waals surface area contributed by atoms with Crippen molar-refractivity contribution in [3.8, 4) is 5.75 Å². The number of hydrogen-bond acceptors (Lipinski definition) is 4. The number of hydrogen-bond donors (Lipinski definition) is 0. The van der Waals surface area contributed by atoms with Gasteiger partial charge in [-0.25, -0.2) is 4.98 Å². The molecule has 0 saturated heterocycles. The summed E-state index contributed by atoms with van der Waals surface area (Å²) in [5.41, 5.74) is 3.09. The standard InChI is InChI=1S/C20H16FN3O2/c1-13(14-6-8-22-9-7-14)26-17-3-4-18-15(10-17)12-24(20(18)25)16-2-5-19(21)23-11-16/h2-11,13H,12H2,1H3. The molecule has 1 aromatic carbocycles. The highest BCUT2D eigenvalue weighted by molar-refractivity contribution is 6.10. The van der Waals surface area contributed by atoms with Crippen LogP contribution >= 0.6 is 0 Å². The fraction of sp³-hybridized carbons (Fsp3) is 0.150. The summed E-state index contributed by atoms with van der Waals surface area (Å²) in [5, 5.41) is 0. The van der Waals surface area contributed by atoms with Gasteiger partial charge in [-0.05, 0) is 60.5 Å². The van der Waals surface area contributed by atoms with Crippen LogP contribution < -0.4 is 9.64 Å². The summed E-state index contributed by atoms with van der Waals surface area (Å²) in [4.78, 5) is 21.8. The highest BCUT2D eigenvalue weighted by atomic mass is 19.1. The number of carbonyl (C=O) groups is 1. The molecule has 3 heterocycles. The summed E-state index contributed by atoms with van der Waals surface area (Å²) in [6.45, 7) is 2.37. The smallest absolute Gasteiger partial charge is 0.258 e. The van der Waals surface area contributed by atoms with Gasteiger partial charge in [-0.1, -0.05) is 0 Å². The van der Waals surface area contributed by atoms with Crippen molar-refractivity contribution in [3.05, 3.63) is 83.7 Å². The number of amides is 1. The molecule has 0 radical (unpaired) electrons. The maximum absolute atomic E-state index is 13.0. The van der Waals surface area contributed by atoms with E-state index < -0.39 is 5.95 Å². The summed E-state index contributed by atoms with van der Waals surface area (Å²) >= 11 is 0. The van der Waals surface area contributed by atoms with Crippen molar-refractivity contribution in [2.75, 3.05) is 4.90 Å². The van der Waals surface area contributed by atoms with Crippen LogP contribution in [-0.4, -0.2) is 15.9 Å². The number of benzene rings is 1. The lowest BCUT2D eigenvalue weighted by Gasteiger charge is -2.15. The minimum Gasteiger partial charge on any atom is -0.486 e. The number of carbonyl (C=O) groups excluding carboxylic acids is 1. The zero-order chi connectivity index (χ0) is 18.1. The lowest BCUT2D eigenvalue weighted by molar-refractivity contribution is 0.0996. The van der Waals surface area contributed by atoms with Crippen LogP contribution in [0.2, 0.25) is 0 Å². The quantitative estimate of drug-likeness (QED) is 0.670. The second-order valence-electron chi connectivity index (χ2n) is 6.09. The molecule has 130 valence electrons. The van der Waals surface area contributed by atoms with Gasteiger partial charge >= 0.3 is 0 Å². The average molecular weight is 349 g/mol. The second kappa shape index (κ2) is 6.55.